The lowest BCUT2D eigenvalue weighted by Gasteiger charge is -2.19. The van der Waals surface area contributed by atoms with E-state index in [1.165, 1.54) is 22.5 Å². The van der Waals surface area contributed by atoms with Crippen LogP contribution in [0.5, 0.6) is 11.5 Å². The van der Waals surface area contributed by atoms with Gasteiger partial charge in [0.2, 0.25) is 0 Å². The van der Waals surface area contributed by atoms with E-state index in [0.717, 1.165) is 0 Å². The summed E-state index contributed by atoms with van der Waals surface area (Å²) in [5.74, 6) is 1.14. The molecule has 0 bridgehead atoms. The molecule has 0 aliphatic carbocycles. The summed E-state index contributed by atoms with van der Waals surface area (Å²) in [7, 11) is -1.74. The second kappa shape index (κ2) is 7.67. The monoisotopic (exact) mass is 450 g/mol. The number of pyridine rings is 1. The van der Waals surface area contributed by atoms with Gasteiger partial charge in [0.1, 0.15) is 17.0 Å². The van der Waals surface area contributed by atoms with Crippen molar-refractivity contribution in [1.29, 1.82) is 0 Å². The molecule has 6 nitrogen and oxygen atoms in total. The molecule has 2 aromatic carbocycles. The first-order valence-corrected chi connectivity index (χ1v) is 12.1. The van der Waals surface area contributed by atoms with Gasteiger partial charge in [-0.15, -0.1) is 0 Å². The standard InChI is InChI=1S/C25H26N2O4S/c1-25(2,3)16-6-8-17(9-7-16)31-22-11-10-18(32(5,29)30)14-20(22)21-15-26-23-19(21)12-13-27(4)24(23)28/h6-15,26H,1-5H3. The van der Waals surface area contributed by atoms with E-state index < -0.39 is 9.84 Å². The lowest BCUT2D eigenvalue weighted by Crippen LogP contribution is -2.15. The minimum Gasteiger partial charge on any atom is -0.457 e. The molecule has 0 amide bonds. The minimum atomic E-state index is -3.43. The van der Waals surface area contributed by atoms with Crippen molar-refractivity contribution in [2.24, 2.45) is 7.05 Å². The molecule has 0 aliphatic rings. The summed E-state index contributed by atoms with van der Waals surface area (Å²) in [6, 6.07) is 14.5. The van der Waals surface area contributed by atoms with Crippen molar-refractivity contribution in [3.8, 4) is 22.6 Å². The van der Waals surface area contributed by atoms with Crippen LogP contribution < -0.4 is 10.3 Å². The molecule has 2 heterocycles. The number of nitrogens with zero attached hydrogens (tertiary/aromatic N) is 1. The maximum atomic E-state index is 12.5. The van der Waals surface area contributed by atoms with Gasteiger partial charge in [0.25, 0.3) is 5.56 Å². The Kier molecular flexibility index (Phi) is 5.25. The van der Waals surface area contributed by atoms with Crippen LogP contribution in [0.1, 0.15) is 26.3 Å². The summed E-state index contributed by atoms with van der Waals surface area (Å²) in [6.45, 7) is 6.44. The van der Waals surface area contributed by atoms with Crippen LogP contribution in [0.2, 0.25) is 0 Å². The number of benzene rings is 2. The number of ether oxygens (including phenoxy) is 1. The largest absolute Gasteiger partial charge is 0.457 e. The number of aromatic nitrogens is 2. The van der Waals surface area contributed by atoms with Crippen LogP contribution >= 0.6 is 0 Å². The molecule has 0 saturated carbocycles. The third-order valence-corrected chi connectivity index (χ3v) is 6.65. The number of sulfone groups is 1. The zero-order chi connectivity index (χ0) is 23.3. The summed E-state index contributed by atoms with van der Waals surface area (Å²) in [5, 5.41) is 0.701. The number of hydrogen-bond acceptors (Lipinski definition) is 4. The van der Waals surface area contributed by atoms with Crippen LogP contribution in [0.4, 0.5) is 0 Å². The van der Waals surface area contributed by atoms with Crippen molar-refractivity contribution in [1.82, 2.24) is 9.55 Å². The van der Waals surface area contributed by atoms with Crippen molar-refractivity contribution in [3.63, 3.8) is 0 Å². The van der Waals surface area contributed by atoms with Gasteiger partial charge in [0.05, 0.1) is 4.90 Å². The van der Waals surface area contributed by atoms with E-state index >= 15 is 0 Å². The Balaban J connectivity index is 1.86. The molecule has 7 heteroatoms. The molecular weight excluding hydrogens is 424 g/mol. The zero-order valence-electron chi connectivity index (χ0n) is 18.8. The highest BCUT2D eigenvalue weighted by Crippen LogP contribution is 2.38. The SMILES string of the molecule is Cn1ccc2c(-c3cc(S(C)(=O)=O)ccc3Oc3ccc(C(C)(C)C)cc3)c[nH]c2c1=O. The van der Waals surface area contributed by atoms with E-state index in [1.54, 1.807) is 31.6 Å². The summed E-state index contributed by atoms with van der Waals surface area (Å²) in [6.07, 6.45) is 4.57. The lowest BCUT2D eigenvalue weighted by atomic mass is 9.87. The molecule has 166 valence electrons. The van der Waals surface area contributed by atoms with Gasteiger partial charge in [-0.2, -0.15) is 0 Å². The van der Waals surface area contributed by atoms with Gasteiger partial charge in [-0.1, -0.05) is 32.9 Å². The van der Waals surface area contributed by atoms with Crippen molar-refractivity contribution in [2.45, 2.75) is 31.1 Å². The molecule has 1 N–H and O–H groups in total. The molecule has 0 aliphatic heterocycles. The van der Waals surface area contributed by atoms with E-state index in [0.29, 0.717) is 33.5 Å². The second-order valence-electron chi connectivity index (χ2n) is 9.03. The third kappa shape index (κ3) is 4.08. The van der Waals surface area contributed by atoms with Crippen molar-refractivity contribution in [3.05, 3.63) is 76.8 Å². The van der Waals surface area contributed by atoms with Gasteiger partial charge in [-0.05, 0) is 47.4 Å². The Morgan fingerprint density at radius 1 is 0.969 bits per heavy atom. The normalized spacial score (nSPS) is 12.3. The molecule has 0 atom stereocenters. The molecule has 0 unspecified atom stereocenters. The Bertz CT molecular complexity index is 1470. The van der Waals surface area contributed by atoms with E-state index in [9.17, 15) is 13.2 Å². The maximum Gasteiger partial charge on any atom is 0.274 e. The van der Waals surface area contributed by atoms with Crippen LogP contribution in [0.25, 0.3) is 22.0 Å². The van der Waals surface area contributed by atoms with Gasteiger partial charge in [0, 0.05) is 42.2 Å². The Morgan fingerprint density at radius 2 is 1.66 bits per heavy atom. The number of rotatable bonds is 4. The van der Waals surface area contributed by atoms with Gasteiger partial charge in [-0.25, -0.2) is 8.42 Å². The number of fused-ring (bicyclic) bond motifs is 1. The Morgan fingerprint density at radius 3 is 2.28 bits per heavy atom. The lowest BCUT2D eigenvalue weighted by molar-refractivity contribution is 0.483. The highest BCUT2D eigenvalue weighted by atomic mass is 32.2. The fraction of sp³-hybridized carbons (Fsp3) is 0.240. The van der Waals surface area contributed by atoms with E-state index in [1.807, 2.05) is 30.3 Å². The first-order valence-electron chi connectivity index (χ1n) is 10.2. The van der Waals surface area contributed by atoms with E-state index in [4.69, 9.17) is 4.74 Å². The predicted molar refractivity (Wildman–Crippen MR) is 127 cm³/mol. The number of aryl methyl sites for hydroxylation is 1. The van der Waals surface area contributed by atoms with Crippen molar-refractivity contribution in [2.75, 3.05) is 6.26 Å². The number of nitrogens with one attached hydrogen (secondary N) is 1. The summed E-state index contributed by atoms with van der Waals surface area (Å²) in [4.78, 5) is 15.7. The number of aromatic amines is 1. The van der Waals surface area contributed by atoms with Gasteiger partial charge < -0.3 is 14.3 Å². The zero-order valence-corrected chi connectivity index (χ0v) is 19.6. The van der Waals surface area contributed by atoms with Crippen LogP contribution in [-0.4, -0.2) is 24.2 Å². The van der Waals surface area contributed by atoms with Gasteiger partial charge in [-0.3, -0.25) is 4.79 Å². The fourth-order valence-corrected chi connectivity index (χ4v) is 4.27. The minimum absolute atomic E-state index is 0.0248. The first-order chi connectivity index (χ1) is 14.9. The van der Waals surface area contributed by atoms with Crippen LogP contribution in [0.3, 0.4) is 0 Å². The highest BCUT2D eigenvalue weighted by molar-refractivity contribution is 7.90. The molecule has 0 spiro atoms. The molecule has 4 aromatic rings. The molecule has 0 saturated heterocycles. The molecule has 4 rings (SSSR count). The van der Waals surface area contributed by atoms with Crippen molar-refractivity contribution < 1.29 is 13.2 Å². The van der Waals surface area contributed by atoms with Gasteiger partial charge >= 0.3 is 0 Å². The van der Waals surface area contributed by atoms with Crippen LogP contribution in [0.15, 0.2) is 70.6 Å². The maximum absolute atomic E-state index is 12.5. The molecular formula is C25H26N2O4S. The molecule has 2 aromatic heterocycles. The Hall–Kier alpha value is -3.32. The van der Waals surface area contributed by atoms with Crippen LogP contribution in [-0.2, 0) is 22.3 Å². The molecule has 32 heavy (non-hydrogen) atoms. The third-order valence-electron chi connectivity index (χ3n) is 5.54. The van der Waals surface area contributed by atoms with E-state index in [-0.39, 0.29) is 15.9 Å². The number of hydrogen-bond donors (Lipinski definition) is 1. The molecule has 0 fully saturated rings. The highest BCUT2D eigenvalue weighted by Gasteiger charge is 2.18. The van der Waals surface area contributed by atoms with E-state index in [2.05, 4.69) is 25.8 Å². The summed E-state index contributed by atoms with van der Waals surface area (Å²) >= 11 is 0. The van der Waals surface area contributed by atoms with Crippen molar-refractivity contribution >= 4 is 20.7 Å². The fourth-order valence-electron chi connectivity index (χ4n) is 3.63. The quantitative estimate of drug-likeness (QED) is 0.473. The smallest absolute Gasteiger partial charge is 0.274 e. The Labute approximate surface area is 187 Å². The average molecular weight is 451 g/mol. The predicted octanol–water partition coefficient (Wildman–Crippen LogP) is 5.03. The molecule has 0 radical (unpaired) electrons. The first kappa shape index (κ1) is 21.9. The summed E-state index contributed by atoms with van der Waals surface area (Å²) in [5.41, 5.74) is 2.79. The second-order valence-corrected chi connectivity index (χ2v) is 11.0. The summed E-state index contributed by atoms with van der Waals surface area (Å²) < 4.78 is 32.1. The number of H-pyrrole nitrogens is 1. The topological polar surface area (TPSA) is 81.2 Å². The van der Waals surface area contributed by atoms with Gasteiger partial charge in [0.15, 0.2) is 9.84 Å². The average Bonchev–Trinajstić information content (AvgIpc) is 3.14. The van der Waals surface area contributed by atoms with Crippen LogP contribution in [0, 0.1) is 0 Å².